The van der Waals surface area contributed by atoms with Crippen molar-refractivity contribution in [3.63, 3.8) is 0 Å². The summed E-state index contributed by atoms with van der Waals surface area (Å²) in [5.41, 5.74) is 4.07. The number of hydrogen-bond acceptors (Lipinski definition) is 3. The van der Waals surface area contributed by atoms with Gasteiger partial charge in [-0.25, -0.2) is 4.79 Å². The Morgan fingerprint density at radius 2 is 1.60 bits per heavy atom. The highest BCUT2D eigenvalue weighted by Crippen LogP contribution is 2.31. The van der Waals surface area contributed by atoms with Crippen LogP contribution in [0.4, 0.5) is 4.79 Å². The van der Waals surface area contributed by atoms with E-state index in [9.17, 15) is 14.4 Å². The number of hydrogen-bond donors (Lipinski definition) is 0. The lowest BCUT2D eigenvalue weighted by atomic mass is 9.99. The van der Waals surface area contributed by atoms with E-state index in [1.54, 1.807) is 18.7 Å². The normalized spacial score (nSPS) is 18.1. The zero-order chi connectivity index (χ0) is 21.8. The van der Waals surface area contributed by atoms with E-state index in [1.165, 1.54) is 11.9 Å². The molecule has 1 fully saturated rings. The number of likely N-dealkylation sites (N-methyl/N-ethyl adjacent to an activating group) is 1. The van der Waals surface area contributed by atoms with Crippen LogP contribution in [0.1, 0.15) is 49.2 Å². The summed E-state index contributed by atoms with van der Waals surface area (Å²) < 4.78 is 0. The van der Waals surface area contributed by atoms with Crippen molar-refractivity contribution in [2.75, 3.05) is 7.05 Å². The lowest BCUT2D eigenvalue weighted by Gasteiger charge is -2.27. The molecule has 156 valence electrons. The van der Waals surface area contributed by atoms with Gasteiger partial charge in [0.25, 0.3) is 11.8 Å². The van der Waals surface area contributed by atoms with Gasteiger partial charge in [0, 0.05) is 31.7 Å². The molecule has 0 aromatic heterocycles. The maximum absolute atomic E-state index is 12.5. The van der Waals surface area contributed by atoms with E-state index in [-0.39, 0.29) is 23.9 Å². The molecule has 2 aliphatic rings. The Bertz CT molecular complexity index is 1040. The van der Waals surface area contributed by atoms with Crippen molar-refractivity contribution in [1.82, 2.24) is 14.7 Å². The average Bonchev–Trinajstić information content (AvgIpc) is 3.12. The highest BCUT2D eigenvalue weighted by atomic mass is 16.2. The number of rotatable bonds is 4. The second kappa shape index (κ2) is 6.97. The molecule has 2 aliphatic heterocycles. The Morgan fingerprint density at radius 1 is 0.967 bits per heavy atom. The largest absolute Gasteiger partial charge is 0.332 e. The van der Waals surface area contributed by atoms with Crippen molar-refractivity contribution < 1.29 is 14.4 Å². The van der Waals surface area contributed by atoms with Gasteiger partial charge in [0.05, 0.1) is 0 Å². The predicted octanol–water partition coefficient (Wildman–Crippen LogP) is 3.89. The summed E-state index contributed by atoms with van der Waals surface area (Å²) in [5.74, 6) is -0.0912. The zero-order valence-corrected chi connectivity index (χ0v) is 18.1. The second-order valence-corrected chi connectivity index (χ2v) is 8.89. The van der Waals surface area contributed by atoms with Gasteiger partial charge in [-0.15, -0.1) is 0 Å². The summed E-state index contributed by atoms with van der Waals surface area (Å²) in [5, 5.41) is 0. The number of carbonyl (C=O) groups excluding carboxylic acids is 3. The van der Waals surface area contributed by atoms with Crippen LogP contribution in [0.5, 0.6) is 0 Å². The molecule has 0 aliphatic carbocycles. The molecule has 6 heteroatoms. The van der Waals surface area contributed by atoms with E-state index in [0.717, 1.165) is 27.8 Å². The van der Waals surface area contributed by atoms with Crippen LogP contribution < -0.4 is 0 Å². The number of amides is 4. The standard InChI is InChI=1S/C24H27N3O3/c1-15(2)26-14-19-12-18(10-11-20(19)21(26)28)17-8-6-16(7-9-17)13-27-23(30)25(5)22(29)24(27,3)4/h6-12,15H,13-14H2,1-5H3. The molecule has 4 rings (SSSR count). The van der Waals surface area contributed by atoms with Crippen molar-refractivity contribution >= 4 is 17.8 Å². The Morgan fingerprint density at radius 3 is 2.17 bits per heavy atom. The Labute approximate surface area is 177 Å². The lowest BCUT2D eigenvalue weighted by molar-refractivity contribution is -0.131. The van der Waals surface area contributed by atoms with Crippen LogP contribution >= 0.6 is 0 Å². The minimum absolute atomic E-state index is 0.0966. The lowest BCUT2D eigenvalue weighted by Crippen LogP contribution is -2.43. The van der Waals surface area contributed by atoms with E-state index >= 15 is 0 Å². The smallest absolute Gasteiger partial charge is 0.327 e. The Kier molecular flexibility index (Phi) is 4.68. The van der Waals surface area contributed by atoms with E-state index in [2.05, 4.69) is 6.07 Å². The fourth-order valence-electron chi connectivity index (χ4n) is 4.22. The highest BCUT2D eigenvalue weighted by Gasteiger charge is 2.49. The molecule has 2 aromatic carbocycles. The third-order valence-corrected chi connectivity index (χ3v) is 6.21. The van der Waals surface area contributed by atoms with E-state index in [0.29, 0.717) is 13.1 Å². The van der Waals surface area contributed by atoms with Crippen LogP contribution in [0.25, 0.3) is 11.1 Å². The number of urea groups is 1. The first-order valence-electron chi connectivity index (χ1n) is 10.2. The first-order valence-corrected chi connectivity index (χ1v) is 10.2. The molecule has 0 spiro atoms. The van der Waals surface area contributed by atoms with E-state index < -0.39 is 5.54 Å². The molecule has 4 amide bonds. The van der Waals surface area contributed by atoms with Crippen LogP contribution in [0.15, 0.2) is 42.5 Å². The van der Waals surface area contributed by atoms with Crippen molar-refractivity contribution in [3.8, 4) is 11.1 Å². The third kappa shape index (κ3) is 3.07. The molecule has 1 saturated heterocycles. The molecule has 0 atom stereocenters. The van der Waals surface area contributed by atoms with Gasteiger partial charge in [-0.1, -0.05) is 30.3 Å². The fraction of sp³-hybridized carbons (Fsp3) is 0.375. The second-order valence-electron chi connectivity index (χ2n) is 8.89. The molecule has 2 heterocycles. The number of nitrogens with zero attached hydrogens (tertiary/aromatic N) is 3. The Balaban J connectivity index is 1.54. The van der Waals surface area contributed by atoms with Gasteiger partial charge in [-0.3, -0.25) is 14.5 Å². The van der Waals surface area contributed by atoms with Crippen molar-refractivity contribution in [2.45, 2.75) is 52.4 Å². The summed E-state index contributed by atoms with van der Waals surface area (Å²) in [7, 11) is 1.52. The molecule has 0 bridgehead atoms. The summed E-state index contributed by atoms with van der Waals surface area (Å²) in [4.78, 5) is 41.9. The molecule has 2 aromatic rings. The maximum Gasteiger partial charge on any atom is 0.327 e. The first-order chi connectivity index (χ1) is 14.1. The molecule has 0 unspecified atom stereocenters. The molecule has 30 heavy (non-hydrogen) atoms. The minimum Gasteiger partial charge on any atom is -0.332 e. The predicted molar refractivity (Wildman–Crippen MR) is 115 cm³/mol. The van der Waals surface area contributed by atoms with E-state index in [4.69, 9.17) is 0 Å². The molecule has 0 N–H and O–H groups in total. The molecular weight excluding hydrogens is 378 g/mol. The SMILES string of the molecule is CC(C)N1Cc2cc(-c3ccc(CN4C(=O)N(C)C(=O)C4(C)C)cc3)ccc2C1=O. The first kappa shape index (κ1) is 20.1. The van der Waals surface area contributed by atoms with Crippen LogP contribution in [-0.2, 0) is 17.9 Å². The third-order valence-electron chi connectivity index (χ3n) is 6.21. The minimum atomic E-state index is -0.848. The summed E-state index contributed by atoms with van der Waals surface area (Å²) in [6.07, 6.45) is 0. The Hall–Kier alpha value is -3.15. The quantitative estimate of drug-likeness (QED) is 0.725. The van der Waals surface area contributed by atoms with Crippen LogP contribution in [0.2, 0.25) is 0 Å². The van der Waals surface area contributed by atoms with Crippen LogP contribution in [-0.4, -0.2) is 51.2 Å². The number of benzene rings is 2. The molecule has 0 saturated carbocycles. The molecule has 6 nitrogen and oxygen atoms in total. The topological polar surface area (TPSA) is 60.9 Å². The monoisotopic (exact) mass is 405 g/mol. The molecule has 0 radical (unpaired) electrons. The average molecular weight is 405 g/mol. The fourth-order valence-corrected chi connectivity index (χ4v) is 4.22. The zero-order valence-electron chi connectivity index (χ0n) is 18.1. The van der Waals surface area contributed by atoms with Gasteiger partial charge in [0.1, 0.15) is 5.54 Å². The van der Waals surface area contributed by atoms with Crippen molar-refractivity contribution in [2.24, 2.45) is 0 Å². The van der Waals surface area contributed by atoms with Gasteiger partial charge in [0.15, 0.2) is 0 Å². The number of carbonyl (C=O) groups is 3. The van der Waals surface area contributed by atoms with Crippen molar-refractivity contribution in [3.05, 3.63) is 59.2 Å². The number of fused-ring (bicyclic) bond motifs is 1. The van der Waals surface area contributed by atoms with Crippen molar-refractivity contribution in [1.29, 1.82) is 0 Å². The van der Waals surface area contributed by atoms with Crippen LogP contribution in [0.3, 0.4) is 0 Å². The summed E-state index contributed by atoms with van der Waals surface area (Å²) in [6.45, 7) is 8.63. The summed E-state index contributed by atoms with van der Waals surface area (Å²) in [6, 6.07) is 13.9. The van der Waals surface area contributed by atoms with Crippen LogP contribution in [0, 0.1) is 0 Å². The van der Waals surface area contributed by atoms with Gasteiger partial charge in [0.2, 0.25) is 0 Å². The van der Waals surface area contributed by atoms with E-state index in [1.807, 2.05) is 55.1 Å². The van der Waals surface area contributed by atoms with Gasteiger partial charge >= 0.3 is 6.03 Å². The van der Waals surface area contributed by atoms with Gasteiger partial charge in [-0.05, 0) is 62.1 Å². The highest BCUT2D eigenvalue weighted by molar-refractivity contribution is 6.06. The van der Waals surface area contributed by atoms with Gasteiger partial charge in [-0.2, -0.15) is 0 Å². The molecular formula is C24H27N3O3. The maximum atomic E-state index is 12.5. The summed E-state index contributed by atoms with van der Waals surface area (Å²) >= 11 is 0. The number of imide groups is 1. The van der Waals surface area contributed by atoms with Gasteiger partial charge < -0.3 is 9.80 Å².